The smallest absolute Gasteiger partial charge is 0.242 e. The first-order chi connectivity index (χ1) is 10.3. The molecule has 21 heavy (non-hydrogen) atoms. The van der Waals surface area contributed by atoms with E-state index in [1.165, 1.54) is 0 Å². The average molecular weight is 291 g/mol. The van der Waals surface area contributed by atoms with Crippen LogP contribution in [-0.2, 0) is 9.53 Å². The van der Waals surface area contributed by atoms with E-state index in [4.69, 9.17) is 4.74 Å². The molecule has 0 radical (unpaired) electrons. The number of carbonyl (C=O) groups is 1. The van der Waals surface area contributed by atoms with Crippen LogP contribution in [0.4, 0.5) is 5.95 Å². The van der Waals surface area contributed by atoms with Crippen molar-refractivity contribution >= 4 is 11.9 Å². The van der Waals surface area contributed by atoms with Crippen molar-refractivity contribution in [3.05, 3.63) is 18.5 Å². The van der Waals surface area contributed by atoms with Crippen LogP contribution in [0.1, 0.15) is 6.92 Å². The zero-order valence-electron chi connectivity index (χ0n) is 12.2. The van der Waals surface area contributed by atoms with Crippen LogP contribution < -0.4 is 10.2 Å². The molecule has 2 aliphatic heterocycles. The van der Waals surface area contributed by atoms with Gasteiger partial charge in [0, 0.05) is 45.1 Å². The number of amides is 1. The fourth-order valence-corrected chi connectivity index (χ4v) is 2.79. The number of nitrogens with one attached hydrogen (secondary N) is 1. The lowest BCUT2D eigenvalue weighted by atomic mass is 10.1. The Bertz CT molecular complexity index is 476. The quantitative estimate of drug-likeness (QED) is 0.792. The van der Waals surface area contributed by atoms with Crippen LogP contribution in [-0.4, -0.2) is 72.3 Å². The van der Waals surface area contributed by atoms with Gasteiger partial charge in [0.1, 0.15) is 6.04 Å². The molecule has 0 unspecified atom stereocenters. The minimum atomic E-state index is -0.224. The number of carbonyl (C=O) groups excluding carboxylic acids is 1. The molecule has 0 spiro atoms. The number of hydrogen-bond acceptors (Lipinski definition) is 6. The zero-order chi connectivity index (χ0) is 14.7. The second-order valence-electron chi connectivity index (χ2n) is 5.37. The van der Waals surface area contributed by atoms with E-state index in [2.05, 4.69) is 20.2 Å². The lowest BCUT2D eigenvalue weighted by Crippen LogP contribution is -2.59. The van der Waals surface area contributed by atoms with E-state index in [1.807, 2.05) is 11.8 Å². The Morgan fingerprint density at radius 2 is 2.00 bits per heavy atom. The van der Waals surface area contributed by atoms with Gasteiger partial charge in [-0.2, -0.15) is 0 Å². The van der Waals surface area contributed by atoms with E-state index in [9.17, 15) is 4.79 Å². The summed E-state index contributed by atoms with van der Waals surface area (Å²) in [7, 11) is 0. The van der Waals surface area contributed by atoms with Gasteiger partial charge < -0.3 is 19.9 Å². The summed E-state index contributed by atoms with van der Waals surface area (Å²) >= 11 is 0. The van der Waals surface area contributed by atoms with Gasteiger partial charge in [-0.3, -0.25) is 4.79 Å². The van der Waals surface area contributed by atoms with Crippen LogP contribution in [0.5, 0.6) is 0 Å². The Morgan fingerprint density at radius 1 is 1.29 bits per heavy atom. The van der Waals surface area contributed by atoms with Crippen LogP contribution in [0.25, 0.3) is 0 Å². The van der Waals surface area contributed by atoms with Crippen molar-refractivity contribution < 1.29 is 9.53 Å². The van der Waals surface area contributed by atoms with Crippen molar-refractivity contribution in [1.82, 2.24) is 20.2 Å². The summed E-state index contributed by atoms with van der Waals surface area (Å²) < 4.78 is 5.55. The summed E-state index contributed by atoms with van der Waals surface area (Å²) in [5, 5.41) is 3.25. The van der Waals surface area contributed by atoms with Crippen molar-refractivity contribution in [2.75, 3.05) is 44.2 Å². The number of nitrogens with zero attached hydrogens (tertiary/aromatic N) is 4. The molecule has 1 aromatic heterocycles. The van der Waals surface area contributed by atoms with Crippen molar-refractivity contribution in [3.8, 4) is 0 Å². The molecule has 2 fully saturated rings. The molecule has 0 aromatic carbocycles. The molecule has 114 valence electrons. The second kappa shape index (κ2) is 6.36. The summed E-state index contributed by atoms with van der Waals surface area (Å²) in [6, 6.07) is 1.58. The Kier molecular flexibility index (Phi) is 4.31. The van der Waals surface area contributed by atoms with E-state index >= 15 is 0 Å². The predicted molar refractivity (Wildman–Crippen MR) is 78.0 cm³/mol. The van der Waals surface area contributed by atoms with E-state index in [-0.39, 0.29) is 18.1 Å². The van der Waals surface area contributed by atoms with Crippen LogP contribution in [0.15, 0.2) is 18.5 Å². The molecule has 0 bridgehead atoms. The number of ether oxygens (including phenoxy) is 1. The molecule has 1 aromatic rings. The lowest BCUT2D eigenvalue weighted by molar-refractivity contribution is -0.139. The van der Waals surface area contributed by atoms with Crippen LogP contribution in [0.2, 0.25) is 0 Å². The lowest BCUT2D eigenvalue weighted by Gasteiger charge is -2.38. The van der Waals surface area contributed by atoms with Gasteiger partial charge in [0.05, 0.1) is 12.7 Å². The van der Waals surface area contributed by atoms with Crippen LogP contribution in [0, 0.1) is 0 Å². The SMILES string of the molecule is C[C@H]1OCCN[C@@H]1C(=O)N1CCN(c2ncccn2)CC1. The molecule has 7 heteroatoms. The third-order valence-electron chi connectivity index (χ3n) is 4.01. The van der Waals surface area contributed by atoms with Gasteiger partial charge >= 0.3 is 0 Å². The first kappa shape index (κ1) is 14.2. The van der Waals surface area contributed by atoms with Crippen LogP contribution >= 0.6 is 0 Å². The molecule has 3 rings (SSSR count). The normalized spacial score (nSPS) is 26.7. The monoisotopic (exact) mass is 291 g/mol. The zero-order valence-corrected chi connectivity index (χ0v) is 12.2. The highest BCUT2D eigenvalue weighted by Gasteiger charge is 2.33. The topological polar surface area (TPSA) is 70.6 Å². The Labute approximate surface area is 124 Å². The maximum Gasteiger partial charge on any atom is 0.242 e. The molecule has 3 heterocycles. The summed E-state index contributed by atoms with van der Waals surface area (Å²) in [5.74, 6) is 0.868. The van der Waals surface area contributed by atoms with Gasteiger partial charge in [-0.15, -0.1) is 0 Å². The minimum absolute atomic E-state index is 0.0678. The van der Waals surface area contributed by atoms with Crippen molar-refractivity contribution in [3.63, 3.8) is 0 Å². The third-order valence-corrected chi connectivity index (χ3v) is 4.01. The largest absolute Gasteiger partial charge is 0.375 e. The maximum atomic E-state index is 12.5. The number of hydrogen-bond donors (Lipinski definition) is 1. The van der Waals surface area contributed by atoms with Gasteiger partial charge in [-0.25, -0.2) is 9.97 Å². The van der Waals surface area contributed by atoms with Crippen LogP contribution in [0.3, 0.4) is 0 Å². The first-order valence-electron chi connectivity index (χ1n) is 7.41. The molecule has 2 saturated heterocycles. The van der Waals surface area contributed by atoms with Gasteiger partial charge in [-0.1, -0.05) is 0 Å². The molecular formula is C14H21N5O2. The van der Waals surface area contributed by atoms with Gasteiger partial charge in [0.15, 0.2) is 0 Å². The van der Waals surface area contributed by atoms with E-state index in [0.717, 1.165) is 25.6 Å². The number of morpholine rings is 1. The van der Waals surface area contributed by atoms with Gasteiger partial charge in [0.2, 0.25) is 11.9 Å². The van der Waals surface area contributed by atoms with E-state index in [0.29, 0.717) is 19.7 Å². The summed E-state index contributed by atoms with van der Waals surface area (Å²) in [4.78, 5) is 25.1. The molecule has 7 nitrogen and oxygen atoms in total. The fraction of sp³-hybridized carbons (Fsp3) is 0.643. The molecular weight excluding hydrogens is 270 g/mol. The van der Waals surface area contributed by atoms with E-state index < -0.39 is 0 Å². The molecule has 1 N–H and O–H groups in total. The Balaban J connectivity index is 1.57. The minimum Gasteiger partial charge on any atom is -0.375 e. The second-order valence-corrected chi connectivity index (χ2v) is 5.37. The maximum absolute atomic E-state index is 12.5. The highest BCUT2D eigenvalue weighted by Crippen LogP contribution is 2.13. The van der Waals surface area contributed by atoms with Crippen molar-refractivity contribution in [2.24, 2.45) is 0 Å². The van der Waals surface area contributed by atoms with Gasteiger partial charge in [-0.05, 0) is 13.0 Å². The van der Waals surface area contributed by atoms with E-state index in [1.54, 1.807) is 18.5 Å². The Morgan fingerprint density at radius 3 is 2.67 bits per heavy atom. The summed E-state index contributed by atoms with van der Waals surface area (Å²) in [5.41, 5.74) is 0. The van der Waals surface area contributed by atoms with Crippen molar-refractivity contribution in [2.45, 2.75) is 19.1 Å². The van der Waals surface area contributed by atoms with Crippen molar-refractivity contribution in [1.29, 1.82) is 0 Å². The number of rotatable bonds is 2. The molecule has 1 amide bonds. The number of piperazine rings is 1. The Hall–Kier alpha value is -1.73. The third kappa shape index (κ3) is 3.14. The number of anilines is 1. The predicted octanol–water partition coefficient (Wildman–Crippen LogP) is -0.498. The van der Waals surface area contributed by atoms with Gasteiger partial charge in [0.25, 0.3) is 0 Å². The summed E-state index contributed by atoms with van der Waals surface area (Å²) in [6.07, 6.45) is 3.41. The average Bonchev–Trinajstić information content (AvgIpc) is 2.56. The highest BCUT2D eigenvalue weighted by molar-refractivity contribution is 5.83. The number of aromatic nitrogens is 2. The standard InChI is InChI=1S/C14H21N5O2/c1-11-12(15-5-10-21-11)13(20)18-6-8-19(9-7-18)14-16-3-2-4-17-14/h2-4,11-12,15H,5-10H2,1H3/t11-,12+/m1/s1. The highest BCUT2D eigenvalue weighted by atomic mass is 16.5. The molecule has 0 aliphatic carbocycles. The molecule has 0 saturated carbocycles. The molecule has 2 aliphatic rings. The first-order valence-corrected chi connectivity index (χ1v) is 7.41. The fourth-order valence-electron chi connectivity index (χ4n) is 2.79. The summed E-state index contributed by atoms with van der Waals surface area (Å²) in [6.45, 7) is 6.27. The molecule has 2 atom stereocenters.